The standard InChI is InChI=1S/C20H22FN3O3/c1-26-18-7-3-2-6-17(18)23-20(22-13-16-5-4-12-27-16)24-19(25)14-8-10-15(21)11-9-14/h2-3,6-11,16H,4-5,12-13H2,1H3,(H2,22,23,24,25). The number of aliphatic imine (C=N–C) groups is 1. The van der Waals surface area contributed by atoms with Gasteiger partial charge in [0.2, 0.25) is 5.96 Å². The van der Waals surface area contributed by atoms with Gasteiger partial charge in [-0.1, -0.05) is 12.1 Å². The molecule has 1 aliphatic heterocycles. The Kier molecular flexibility index (Phi) is 6.38. The molecule has 0 aliphatic carbocycles. The summed E-state index contributed by atoms with van der Waals surface area (Å²) in [5.74, 6) is 0.122. The highest BCUT2D eigenvalue weighted by atomic mass is 19.1. The molecule has 2 N–H and O–H groups in total. The zero-order valence-electron chi connectivity index (χ0n) is 15.1. The number of hydrogen-bond acceptors (Lipinski definition) is 4. The quantitative estimate of drug-likeness (QED) is 0.625. The topological polar surface area (TPSA) is 71.9 Å². The van der Waals surface area contributed by atoms with Crippen molar-refractivity contribution in [2.75, 3.05) is 25.6 Å². The molecule has 1 amide bonds. The molecule has 1 fully saturated rings. The fraction of sp³-hybridized carbons (Fsp3) is 0.300. The van der Waals surface area contributed by atoms with Crippen molar-refractivity contribution >= 4 is 17.6 Å². The lowest BCUT2D eigenvalue weighted by Gasteiger charge is -2.15. The maximum Gasteiger partial charge on any atom is 0.257 e. The Morgan fingerprint density at radius 2 is 2.04 bits per heavy atom. The summed E-state index contributed by atoms with van der Waals surface area (Å²) in [5, 5.41) is 5.84. The van der Waals surface area contributed by atoms with Crippen LogP contribution in [0.15, 0.2) is 53.5 Å². The van der Waals surface area contributed by atoms with E-state index in [1.165, 1.54) is 24.3 Å². The van der Waals surface area contributed by atoms with Crippen LogP contribution in [0.2, 0.25) is 0 Å². The molecule has 1 atom stereocenters. The lowest BCUT2D eigenvalue weighted by atomic mass is 10.2. The lowest BCUT2D eigenvalue weighted by Crippen LogP contribution is -2.36. The number of carbonyl (C=O) groups excluding carboxylic acids is 1. The first-order valence-electron chi connectivity index (χ1n) is 8.78. The number of halogens is 1. The second kappa shape index (κ2) is 9.14. The van der Waals surface area contributed by atoms with E-state index in [0.717, 1.165) is 19.4 Å². The summed E-state index contributed by atoms with van der Waals surface area (Å²) in [5.41, 5.74) is 1.01. The molecule has 0 bridgehead atoms. The second-order valence-electron chi connectivity index (χ2n) is 6.11. The van der Waals surface area contributed by atoms with Crippen LogP contribution in [0.3, 0.4) is 0 Å². The molecule has 7 heteroatoms. The largest absolute Gasteiger partial charge is 0.495 e. The van der Waals surface area contributed by atoms with E-state index >= 15 is 0 Å². The third-order valence-corrected chi connectivity index (χ3v) is 4.18. The Labute approximate surface area is 157 Å². The Hall–Kier alpha value is -2.93. The monoisotopic (exact) mass is 371 g/mol. The van der Waals surface area contributed by atoms with Gasteiger partial charge in [-0.15, -0.1) is 0 Å². The average molecular weight is 371 g/mol. The first-order chi connectivity index (χ1) is 13.2. The zero-order valence-corrected chi connectivity index (χ0v) is 15.1. The summed E-state index contributed by atoms with van der Waals surface area (Å²) < 4.78 is 24.0. The van der Waals surface area contributed by atoms with Gasteiger partial charge in [0.25, 0.3) is 5.91 Å². The van der Waals surface area contributed by atoms with Crippen molar-refractivity contribution in [1.29, 1.82) is 0 Å². The summed E-state index contributed by atoms with van der Waals surface area (Å²) in [6.07, 6.45) is 2.00. The number of rotatable bonds is 5. The first kappa shape index (κ1) is 18.8. The number of ether oxygens (including phenoxy) is 2. The minimum absolute atomic E-state index is 0.0437. The third kappa shape index (κ3) is 5.27. The highest BCUT2D eigenvalue weighted by Crippen LogP contribution is 2.23. The molecule has 0 aromatic heterocycles. The predicted molar refractivity (Wildman–Crippen MR) is 102 cm³/mol. The van der Waals surface area contributed by atoms with Crippen molar-refractivity contribution in [3.63, 3.8) is 0 Å². The third-order valence-electron chi connectivity index (χ3n) is 4.18. The SMILES string of the molecule is COc1ccccc1NC(=NCC1CCCO1)NC(=O)c1ccc(F)cc1. The molecule has 0 saturated carbocycles. The molecular weight excluding hydrogens is 349 g/mol. The highest BCUT2D eigenvalue weighted by molar-refractivity contribution is 6.10. The van der Waals surface area contributed by atoms with Gasteiger partial charge >= 0.3 is 0 Å². The molecule has 1 heterocycles. The van der Waals surface area contributed by atoms with Crippen LogP contribution in [-0.4, -0.2) is 38.2 Å². The fourth-order valence-corrected chi connectivity index (χ4v) is 2.75. The molecular formula is C20H22FN3O3. The average Bonchev–Trinajstić information content (AvgIpc) is 3.20. The molecule has 0 radical (unpaired) electrons. The first-order valence-corrected chi connectivity index (χ1v) is 8.78. The van der Waals surface area contributed by atoms with Gasteiger partial charge in [-0.2, -0.15) is 0 Å². The van der Waals surface area contributed by atoms with Crippen molar-refractivity contribution in [1.82, 2.24) is 5.32 Å². The fourth-order valence-electron chi connectivity index (χ4n) is 2.75. The van der Waals surface area contributed by atoms with Crippen LogP contribution in [0.4, 0.5) is 10.1 Å². The smallest absolute Gasteiger partial charge is 0.257 e. The van der Waals surface area contributed by atoms with Gasteiger partial charge in [0.05, 0.1) is 25.4 Å². The second-order valence-corrected chi connectivity index (χ2v) is 6.11. The number of nitrogens with one attached hydrogen (secondary N) is 2. The maximum absolute atomic E-state index is 13.1. The summed E-state index contributed by atoms with van der Waals surface area (Å²) in [4.78, 5) is 17.0. The Bertz CT molecular complexity index is 802. The van der Waals surface area contributed by atoms with E-state index in [1.54, 1.807) is 7.11 Å². The molecule has 1 aliphatic rings. The number of para-hydroxylation sites is 2. The minimum Gasteiger partial charge on any atom is -0.495 e. The molecule has 3 rings (SSSR count). The van der Waals surface area contributed by atoms with Crippen LogP contribution >= 0.6 is 0 Å². The molecule has 27 heavy (non-hydrogen) atoms. The molecule has 2 aromatic rings. The molecule has 6 nitrogen and oxygen atoms in total. The number of hydrogen-bond donors (Lipinski definition) is 2. The number of carbonyl (C=O) groups is 1. The summed E-state index contributed by atoms with van der Waals surface area (Å²) in [6.45, 7) is 1.17. The van der Waals surface area contributed by atoms with Crippen LogP contribution in [0.5, 0.6) is 5.75 Å². The number of guanidine groups is 1. The zero-order chi connectivity index (χ0) is 19.1. The van der Waals surface area contributed by atoms with Crippen LogP contribution in [0.1, 0.15) is 23.2 Å². The Balaban J connectivity index is 1.77. The van der Waals surface area contributed by atoms with Crippen molar-refractivity contribution in [2.45, 2.75) is 18.9 Å². The van der Waals surface area contributed by atoms with Crippen molar-refractivity contribution < 1.29 is 18.7 Å². The molecule has 0 spiro atoms. The van der Waals surface area contributed by atoms with E-state index in [9.17, 15) is 9.18 Å². The molecule has 142 valence electrons. The van der Waals surface area contributed by atoms with Crippen molar-refractivity contribution in [3.05, 3.63) is 59.9 Å². The van der Waals surface area contributed by atoms with Gasteiger partial charge in [-0.05, 0) is 49.2 Å². The van der Waals surface area contributed by atoms with E-state index < -0.39 is 5.82 Å². The van der Waals surface area contributed by atoms with E-state index in [0.29, 0.717) is 23.5 Å². The van der Waals surface area contributed by atoms with Gasteiger partial charge < -0.3 is 14.8 Å². The summed E-state index contributed by atoms with van der Waals surface area (Å²) in [6, 6.07) is 12.7. The Morgan fingerprint density at radius 1 is 1.26 bits per heavy atom. The van der Waals surface area contributed by atoms with Crippen LogP contribution in [0.25, 0.3) is 0 Å². The van der Waals surface area contributed by atoms with Gasteiger partial charge in [0, 0.05) is 12.2 Å². The maximum atomic E-state index is 13.1. The van der Waals surface area contributed by atoms with Crippen LogP contribution in [0, 0.1) is 5.82 Å². The normalized spacial score (nSPS) is 16.8. The number of amides is 1. The van der Waals surface area contributed by atoms with Gasteiger partial charge in [-0.25, -0.2) is 9.38 Å². The van der Waals surface area contributed by atoms with E-state index in [1.807, 2.05) is 24.3 Å². The number of methoxy groups -OCH3 is 1. The van der Waals surface area contributed by atoms with Gasteiger partial charge in [-0.3, -0.25) is 10.1 Å². The summed E-state index contributed by atoms with van der Waals surface area (Å²) in [7, 11) is 1.57. The Morgan fingerprint density at radius 3 is 2.74 bits per heavy atom. The predicted octanol–water partition coefficient (Wildman–Crippen LogP) is 3.21. The lowest BCUT2D eigenvalue weighted by molar-refractivity contribution is 0.0975. The molecule has 1 saturated heterocycles. The van der Waals surface area contributed by atoms with E-state index in [2.05, 4.69) is 15.6 Å². The van der Waals surface area contributed by atoms with Crippen LogP contribution < -0.4 is 15.4 Å². The van der Waals surface area contributed by atoms with Crippen LogP contribution in [-0.2, 0) is 4.74 Å². The highest BCUT2D eigenvalue weighted by Gasteiger charge is 2.16. The van der Waals surface area contributed by atoms with Crippen molar-refractivity contribution in [3.8, 4) is 5.75 Å². The van der Waals surface area contributed by atoms with E-state index in [-0.39, 0.29) is 18.0 Å². The van der Waals surface area contributed by atoms with Crippen molar-refractivity contribution in [2.24, 2.45) is 4.99 Å². The van der Waals surface area contributed by atoms with Gasteiger partial charge in [0.1, 0.15) is 11.6 Å². The summed E-state index contributed by atoms with van der Waals surface area (Å²) >= 11 is 0. The minimum atomic E-state index is -0.397. The van der Waals surface area contributed by atoms with E-state index in [4.69, 9.17) is 9.47 Å². The van der Waals surface area contributed by atoms with Gasteiger partial charge in [0.15, 0.2) is 0 Å². The number of nitrogens with zero attached hydrogens (tertiary/aromatic N) is 1. The molecule has 2 aromatic carbocycles. The molecule has 1 unspecified atom stereocenters. The number of benzene rings is 2. The number of anilines is 1.